The zero-order valence-corrected chi connectivity index (χ0v) is 13.7. The fourth-order valence-electron chi connectivity index (χ4n) is 3.29. The summed E-state index contributed by atoms with van der Waals surface area (Å²) in [6, 6.07) is 6.03. The van der Waals surface area contributed by atoms with Crippen LogP contribution < -0.4 is 5.32 Å². The summed E-state index contributed by atoms with van der Waals surface area (Å²) in [6.45, 7) is 4.97. The summed E-state index contributed by atoms with van der Waals surface area (Å²) >= 11 is 0. The predicted molar refractivity (Wildman–Crippen MR) is 88.2 cm³/mol. The smallest absolute Gasteiger partial charge is 0.317 e. The highest BCUT2D eigenvalue weighted by atomic mass is 16.3. The van der Waals surface area contributed by atoms with Crippen LogP contribution in [0.25, 0.3) is 5.65 Å². The number of rotatable bonds is 4. The number of hydrogen-bond donors (Lipinski definition) is 2. The van der Waals surface area contributed by atoms with Gasteiger partial charge in [0.25, 0.3) is 0 Å². The number of aliphatic hydroxyl groups excluding tert-OH is 1. The Balaban J connectivity index is 1.62. The van der Waals surface area contributed by atoms with Gasteiger partial charge in [-0.3, -0.25) is 0 Å². The lowest BCUT2D eigenvalue weighted by atomic mass is 10.1. The van der Waals surface area contributed by atoms with Crippen LogP contribution in [0.1, 0.15) is 37.6 Å². The van der Waals surface area contributed by atoms with E-state index in [1.165, 1.54) is 0 Å². The largest absolute Gasteiger partial charge is 0.393 e. The van der Waals surface area contributed by atoms with Crippen molar-refractivity contribution in [2.45, 2.75) is 51.8 Å². The van der Waals surface area contributed by atoms with E-state index in [2.05, 4.69) is 10.3 Å². The number of nitrogens with one attached hydrogen (secondary N) is 1. The van der Waals surface area contributed by atoms with E-state index in [4.69, 9.17) is 0 Å². The predicted octanol–water partition coefficient (Wildman–Crippen LogP) is 2.09. The Morgan fingerprint density at radius 3 is 3.09 bits per heavy atom. The minimum absolute atomic E-state index is 0.0677. The molecule has 3 heterocycles. The van der Waals surface area contributed by atoms with E-state index in [0.29, 0.717) is 13.0 Å². The van der Waals surface area contributed by atoms with Crippen molar-refractivity contribution in [2.24, 2.45) is 0 Å². The second kappa shape index (κ2) is 6.58. The Morgan fingerprint density at radius 1 is 1.52 bits per heavy atom. The molecule has 0 aliphatic carbocycles. The van der Waals surface area contributed by atoms with Gasteiger partial charge in [-0.15, -0.1) is 0 Å². The number of nitrogens with zero attached hydrogens (tertiary/aromatic N) is 3. The monoisotopic (exact) mass is 316 g/mol. The lowest BCUT2D eigenvalue weighted by Gasteiger charge is -2.25. The summed E-state index contributed by atoms with van der Waals surface area (Å²) in [7, 11) is 0. The number of imidazole rings is 1. The fraction of sp³-hybridized carbons (Fsp3) is 0.529. The molecule has 0 saturated carbocycles. The lowest BCUT2D eigenvalue weighted by Crippen LogP contribution is -2.43. The highest BCUT2D eigenvalue weighted by Gasteiger charge is 2.29. The van der Waals surface area contributed by atoms with E-state index in [9.17, 15) is 9.90 Å². The zero-order chi connectivity index (χ0) is 16.4. The third kappa shape index (κ3) is 3.47. The zero-order valence-electron chi connectivity index (χ0n) is 13.7. The van der Waals surface area contributed by atoms with Crippen LogP contribution in [0.3, 0.4) is 0 Å². The Hall–Kier alpha value is -2.08. The molecule has 1 aliphatic rings. The summed E-state index contributed by atoms with van der Waals surface area (Å²) < 4.78 is 2.02. The van der Waals surface area contributed by atoms with Gasteiger partial charge in [0.1, 0.15) is 5.65 Å². The van der Waals surface area contributed by atoms with Crippen LogP contribution in [0.2, 0.25) is 0 Å². The van der Waals surface area contributed by atoms with E-state index in [1.807, 2.05) is 40.6 Å². The minimum Gasteiger partial charge on any atom is -0.393 e. The van der Waals surface area contributed by atoms with Crippen molar-refractivity contribution in [3.63, 3.8) is 0 Å². The number of carbonyl (C=O) groups is 1. The van der Waals surface area contributed by atoms with Crippen LogP contribution in [0.5, 0.6) is 0 Å². The second-order valence-corrected chi connectivity index (χ2v) is 6.36. The van der Waals surface area contributed by atoms with E-state index in [0.717, 1.165) is 36.4 Å². The van der Waals surface area contributed by atoms with E-state index < -0.39 is 0 Å². The average Bonchev–Trinajstić information content (AvgIpc) is 3.11. The SMILES string of the molecule is Cc1cccc2nc(CNC(=O)N3CCCC3CC(C)O)cn12. The van der Waals surface area contributed by atoms with Crippen molar-refractivity contribution in [2.75, 3.05) is 6.54 Å². The first-order chi connectivity index (χ1) is 11.0. The van der Waals surface area contributed by atoms with Crippen LogP contribution in [0.4, 0.5) is 4.79 Å². The number of hydrogen-bond acceptors (Lipinski definition) is 3. The number of aromatic nitrogens is 2. The highest BCUT2D eigenvalue weighted by molar-refractivity contribution is 5.74. The van der Waals surface area contributed by atoms with E-state index >= 15 is 0 Å². The fourth-order valence-corrected chi connectivity index (χ4v) is 3.29. The molecule has 0 aromatic carbocycles. The van der Waals surface area contributed by atoms with Crippen molar-refractivity contribution >= 4 is 11.7 Å². The molecule has 2 atom stereocenters. The normalized spacial score (nSPS) is 19.3. The number of pyridine rings is 1. The molecule has 3 rings (SSSR count). The molecule has 0 bridgehead atoms. The third-order valence-corrected chi connectivity index (χ3v) is 4.42. The van der Waals surface area contributed by atoms with Crippen molar-refractivity contribution in [1.29, 1.82) is 0 Å². The molecule has 6 heteroatoms. The first kappa shape index (κ1) is 15.8. The number of amides is 2. The summed E-state index contributed by atoms with van der Waals surface area (Å²) in [5.41, 5.74) is 2.85. The number of likely N-dealkylation sites (tertiary alicyclic amines) is 1. The summed E-state index contributed by atoms with van der Waals surface area (Å²) in [6.07, 6.45) is 4.18. The maximum atomic E-state index is 12.4. The summed E-state index contributed by atoms with van der Waals surface area (Å²) in [4.78, 5) is 18.8. The maximum absolute atomic E-state index is 12.4. The number of carbonyl (C=O) groups excluding carboxylic acids is 1. The quantitative estimate of drug-likeness (QED) is 0.907. The summed E-state index contributed by atoms with van der Waals surface area (Å²) in [5.74, 6) is 0. The van der Waals surface area contributed by atoms with Gasteiger partial charge in [-0.25, -0.2) is 9.78 Å². The Labute approximate surface area is 136 Å². The first-order valence-corrected chi connectivity index (χ1v) is 8.20. The van der Waals surface area contributed by atoms with Gasteiger partial charge in [-0.2, -0.15) is 0 Å². The van der Waals surface area contributed by atoms with Gasteiger partial charge >= 0.3 is 6.03 Å². The number of urea groups is 1. The number of fused-ring (bicyclic) bond motifs is 1. The van der Waals surface area contributed by atoms with Crippen LogP contribution >= 0.6 is 0 Å². The van der Waals surface area contributed by atoms with Crippen LogP contribution in [0.15, 0.2) is 24.4 Å². The topological polar surface area (TPSA) is 69.9 Å². The van der Waals surface area contributed by atoms with Crippen molar-refractivity contribution in [3.05, 3.63) is 35.8 Å². The van der Waals surface area contributed by atoms with E-state index in [-0.39, 0.29) is 18.2 Å². The summed E-state index contributed by atoms with van der Waals surface area (Å²) in [5, 5.41) is 12.5. The lowest BCUT2D eigenvalue weighted by molar-refractivity contribution is 0.138. The van der Waals surface area contributed by atoms with Gasteiger partial charge in [-0.1, -0.05) is 6.07 Å². The van der Waals surface area contributed by atoms with Gasteiger partial charge in [0.15, 0.2) is 0 Å². The van der Waals surface area contributed by atoms with Gasteiger partial charge < -0.3 is 19.7 Å². The van der Waals surface area contributed by atoms with Crippen LogP contribution in [-0.2, 0) is 6.54 Å². The molecule has 23 heavy (non-hydrogen) atoms. The molecule has 6 nitrogen and oxygen atoms in total. The maximum Gasteiger partial charge on any atom is 0.317 e. The van der Waals surface area contributed by atoms with E-state index in [1.54, 1.807) is 6.92 Å². The molecule has 1 aliphatic heterocycles. The molecule has 0 spiro atoms. The Morgan fingerprint density at radius 2 is 2.35 bits per heavy atom. The molecule has 124 valence electrons. The number of aryl methyl sites for hydroxylation is 1. The molecular formula is C17H24N4O2. The third-order valence-electron chi connectivity index (χ3n) is 4.42. The standard InChI is InChI=1S/C17H24N4O2/c1-12-5-3-7-16-19-14(11-21(12)16)10-18-17(23)20-8-4-6-15(20)9-13(2)22/h3,5,7,11,13,15,22H,4,6,8-10H2,1-2H3,(H,18,23). The molecule has 1 saturated heterocycles. The van der Waals surface area contributed by atoms with Crippen molar-refractivity contribution in [1.82, 2.24) is 19.6 Å². The Bertz CT molecular complexity index is 695. The molecule has 2 aromatic rings. The van der Waals surface area contributed by atoms with Crippen LogP contribution in [-0.4, -0.2) is 44.1 Å². The minimum atomic E-state index is -0.380. The first-order valence-electron chi connectivity index (χ1n) is 8.20. The molecule has 0 radical (unpaired) electrons. The second-order valence-electron chi connectivity index (χ2n) is 6.36. The van der Waals surface area contributed by atoms with Gasteiger partial charge in [0, 0.05) is 24.5 Å². The molecule has 2 N–H and O–H groups in total. The molecule has 1 fully saturated rings. The van der Waals surface area contributed by atoms with Gasteiger partial charge in [0.2, 0.25) is 0 Å². The van der Waals surface area contributed by atoms with Crippen LogP contribution in [0, 0.1) is 6.92 Å². The van der Waals surface area contributed by atoms with Crippen molar-refractivity contribution in [3.8, 4) is 0 Å². The van der Waals surface area contributed by atoms with Gasteiger partial charge in [-0.05, 0) is 45.2 Å². The highest BCUT2D eigenvalue weighted by Crippen LogP contribution is 2.21. The Kier molecular flexibility index (Phi) is 4.52. The molecular weight excluding hydrogens is 292 g/mol. The molecule has 2 aromatic heterocycles. The van der Waals surface area contributed by atoms with Crippen molar-refractivity contribution < 1.29 is 9.90 Å². The average molecular weight is 316 g/mol. The molecule has 2 unspecified atom stereocenters. The van der Waals surface area contributed by atoms with Gasteiger partial charge in [0.05, 0.1) is 18.3 Å². The number of aliphatic hydroxyl groups is 1. The molecule has 2 amide bonds.